The minimum atomic E-state index is -4.29. The summed E-state index contributed by atoms with van der Waals surface area (Å²) in [6.07, 6.45) is 73.6. The molecule has 0 radical (unpaired) electrons. The lowest BCUT2D eigenvalue weighted by Crippen LogP contribution is -2.37. The first kappa shape index (κ1) is 68.7. The van der Waals surface area contributed by atoms with E-state index in [1.165, 1.54) is 148 Å². The van der Waals surface area contributed by atoms with Crippen molar-refractivity contribution < 1.29 is 37.3 Å². The number of esters is 1. The van der Waals surface area contributed by atoms with E-state index < -0.39 is 13.9 Å². The van der Waals surface area contributed by atoms with Crippen molar-refractivity contribution in [3.8, 4) is 0 Å². The number of hydrogen-bond acceptors (Lipinski definition) is 6. The predicted octanol–water partition coefficient (Wildman–Crippen LogP) is 18.7. The molecule has 8 nitrogen and oxygen atoms in total. The van der Waals surface area contributed by atoms with Gasteiger partial charge in [0.2, 0.25) is 0 Å². The van der Waals surface area contributed by atoms with E-state index in [1.807, 2.05) is 21.1 Å². The van der Waals surface area contributed by atoms with Gasteiger partial charge in [0.25, 0.3) is 0 Å². The van der Waals surface area contributed by atoms with E-state index in [0.717, 1.165) is 77.0 Å². The number of quaternary nitrogens is 1. The van der Waals surface area contributed by atoms with E-state index >= 15 is 0 Å². The van der Waals surface area contributed by atoms with E-state index in [4.69, 9.17) is 18.5 Å². The molecule has 0 bridgehead atoms. The fraction of sp³-hybridized carbons (Fsp3) is 0.758. The molecule has 0 rings (SSSR count). The molecule has 0 aromatic rings. The van der Waals surface area contributed by atoms with Gasteiger partial charge >= 0.3 is 13.8 Å². The molecule has 2 unspecified atom stereocenters. The maximum absolute atomic E-state index is 12.8. The van der Waals surface area contributed by atoms with E-state index in [-0.39, 0.29) is 25.8 Å². The van der Waals surface area contributed by atoms with Crippen LogP contribution in [-0.4, -0.2) is 75.6 Å². The summed E-state index contributed by atoms with van der Waals surface area (Å²) in [5, 5.41) is 0. The van der Waals surface area contributed by atoms with Crippen LogP contribution < -0.4 is 0 Å². The number of allylic oxidation sites excluding steroid dienone is 14. The van der Waals surface area contributed by atoms with Gasteiger partial charge in [0, 0.05) is 13.0 Å². The highest BCUT2D eigenvalue weighted by Crippen LogP contribution is 2.43. The van der Waals surface area contributed by atoms with Crippen molar-refractivity contribution in [3.05, 3.63) is 85.1 Å². The largest absolute Gasteiger partial charge is 0.472 e. The Kier molecular flexibility index (Phi) is 52.2. The zero-order valence-electron chi connectivity index (χ0n) is 46.9. The lowest BCUT2D eigenvalue weighted by Gasteiger charge is -2.24. The van der Waals surface area contributed by atoms with Crippen LogP contribution in [0.1, 0.15) is 245 Å². The molecule has 0 aromatic carbocycles. The highest BCUT2D eigenvalue weighted by molar-refractivity contribution is 7.47. The van der Waals surface area contributed by atoms with Crippen LogP contribution in [0.25, 0.3) is 0 Å². The maximum Gasteiger partial charge on any atom is 0.472 e. The highest BCUT2D eigenvalue weighted by Gasteiger charge is 2.26. The van der Waals surface area contributed by atoms with E-state index in [1.54, 1.807) is 0 Å². The standard InChI is InChI=1S/C62H112NO7P/c1-6-8-10-12-14-16-18-20-22-24-26-28-30-31-32-34-36-38-40-42-44-46-48-50-52-54-57-67-59-61(60-69-71(65,66)68-58-56-63(3,4)5)70-62(64)55-53-51-49-47-45-43-41-39-37-35-33-29-27-25-23-21-19-17-15-13-11-9-7-2/h8,10,14,16,20,22,25-28,31-32,36,38,61H,6-7,9,11-13,15,17-19,21,23-24,29-30,33-35,37,39-60H2,1-5H3/p+1/b10-8-,16-14-,22-20-,27-25-,28-26-,32-31-,38-36-. The van der Waals surface area contributed by atoms with Crippen molar-refractivity contribution >= 4 is 13.8 Å². The van der Waals surface area contributed by atoms with Crippen LogP contribution in [0.3, 0.4) is 0 Å². The predicted molar refractivity (Wildman–Crippen MR) is 307 cm³/mol. The number of nitrogens with zero attached hydrogens (tertiary/aromatic N) is 1. The van der Waals surface area contributed by atoms with E-state index in [0.29, 0.717) is 24.1 Å². The summed E-state index contributed by atoms with van der Waals surface area (Å²) in [6, 6.07) is 0. The van der Waals surface area contributed by atoms with Crippen molar-refractivity contribution in [2.24, 2.45) is 0 Å². The minimum absolute atomic E-state index is 0.0826. The number of unbranched alkanes of at least 4 members (excludes halogenated alkanes) is 26. The Balaban J connectivity index is 4.12. The van der Waals surface area contributed by atoms with Crippen LogP contribution in [0.2, 0.25) is 0 Å². The van der Waals surface area contributed by atoms with E-state index in [2.05, 4.69) is 98.9 Å². The van der Waals surface area contributed by atoms with Crippen LogP contribution in [0.4, 0.5) is 0 Å². The Morgan fingerprint density at radius 2 is 0.817 bits per heavy atom. The van der Waals surface area contributed by atoms with Gasteiger partial charge < -0.3 is 18.9 Å². The summed E-state index contributed by atoms with van der Waals surface area (Å²) in [6.45, 7) is 5.50. The molecular weight excluding hydrogens is 902 g/mol. The molecule has 71 heavy (non-hydrogen) atoms. The zero-order valence-corrected chi connectivity index (χ0v) is 47.8. The summed E-state index contributed by atoms with van der Waals surface area (Å²) >= 11 is 0. The van der Waals surface area contributed by atoms with Gasteiger partial charge in [-0.05, 0) is 89.9 Å². The quantitative estimate of drug-likeness (QED) is 0.0213. The number of phosphoric ester groups is 1. The summed E-state index contributed by atoms with van der Waals surface area (Å²) in [5.41, 5.74) is 0. The van der Waals surface area contributed by atoms with Gasteiger partial charge in [-0.15, -0.1) is 0 Å². The molecule has 0 aliphatic heterocycles. The molecule has 0 amide bonds. The molecule has 9 heteroatoms. The van der Waals surface area contributed by atoms with Gasteiger partial charge in [0.05, 0.1) is 34.4 Å². The topological polar surface area (TPSA) is 91.3 Å². The average molecular weight is 1020 g/mol. The minimum Gasteiger partial charge on any atom is -0.457 e. The molecule has 0 aliphatic rings. The SMILES string of the molecule is CC/C=C\C/C=C\C/C=C\C/C=C\C/C=C\C/C=C\CCCCCCCCCOCC(COP(=O)(O)OCC[N+](C)(C)C)OC(=O)CCCCCCCCCCCCC/C=C\CCCCCCCCCC. The number of hydrogen-bond donors (Lipinski definition) is 1. The Labute approximate surface area is 439 Å². The fourth-order valence-electron chi connectivity index (χ4n) is 7.96. The summed E-state index contributed by atoms with van der Waals surface area (Å²) < 4.78 is 35.3. The summed E-state index contributed by atoms with van der Waals surface area (Å²) in [7, 11) is 1.65. The Bertz CT molecular complexity index is 1410. The third-order valence-electron chi connectivity index (χ3n) is 12.4. The average Bonchev–Trinajstić information content (AvgIpc) is 3.33. The molecule has 0 saturated heterocycles. The van der Waals surface area contributed by atoms with Crippen molar-refractivity contribution in [3.63, 3.8) is 0 Å². The molecule has 0 heterocycles. The first-order chi connectivity index (χ1) is 34.6. The molecule has 0 aromatic heterocycles. The maximum atomic E-state index is 12.8. The first-order valence-corrected chi connectivity index (χ1v) is 30.8. The van der Waals surface area contributed by atoms with Crippen molar-refractivity contribution in [1.82, 2.24) is 0 Å². The third-order valence-corrected chi connectivity index (χ3v) is 13.4. The number of carbonyl (C=O) groups excluding carboxylic acids is 1. The van der Waals surface area contributed by atoms with Gasteiger partial charge in [-0.2, -0.15) is 0 Å². The van der Waals surface area contributed by atoms with Crippen LogP contribution in [0, 0.1) is 0 Å². The molecule has 0 aliphatic carbocycles. The van der Waals surface area contributed by atoms with Gasteiger partial charge in [0.1, 0.15) is 19.3 Å². The van der Waals surface area contributed by atoms with Gasteiger partial charge in [-0.3, -0.25) is 13.8 Å². The summed E-state index contributed by atoms with van der Waals surface area (Å²) in [4.78, 5) is 23.1. The third kappa shape index (κ3) is 58.4. The lowest BCUT2D eigenvalue weighted by molar-refractivity contribution is -0.870. The molecule has 412 valence electrons. The second-order valence-corrected chi connectivity index (χ2v) is 22.1. The van der Waals surface area contributed by atoms with Crippen LogP contribution in [0.15, 0.2) is 85.1 Å². The molecule has 0 fully saturated rings. The second-order valence-electron chi connectivity index (χ2n) is 20.6. The van der Waals surface area contributed by atoms with Crippen molar-refractivity contribution in [2.75, 3.05) is 54.1 Å². The molecule has 1 N–H and O–H groups in total. The molecule has 2 atom stereocenters. The number of rotatable bonds is 54. The fourth-order valence-corrected chi connectivity index (χ4v) is 8.71. The monoisotopic (exact) mass is 1010 g/mol. The Morgan fingerprint density at radius 3 is 1.24 bits per heavy atom. The second kappa shape index (κ2) is 54.0. The number of carbonyl (C=O) groups is 1. The van der Waals surface area contributed by atoms with Gasteiger partial charge in [-0.25, -0.2) is 4.57 Å². The Morgan fingerprint density at radius 1 is 0.451 bits per heavy atom. The lowest BCUT2D eigenvalue weighted by atomic mass is 10.0. The normalized spacial score (nSPS) is 14.1. The number of ether oxygens (including phenoxy) is 2. The van der Waals surface area contributed by atoms with Crippen molar-refractivity contribution in [1.29, 1.82) is 0 Å². The Hall–Kier alpha value is -2.32. The number of phosphoric acid groups is 1. The van der Waals surface area contributed by atoms with Gasteiger partial charge in [0.15, 0.2) is 0 Å². The highest BCUT2D eigenvalue weighted by atomic mass is 31.2. The molecule has 0 saturated carbocycles. The molecule has 0 spiro atoms. The van der Waals surface area contributed by atoms with Crippen molar-refractivity contribution in [2.45, 2.75) is 251 Å². The smallest absolute Gasteiger partial charge is 0.457 e. The van der Waals surface area contributed by atoms with Gasteiger partial charge in [-0.1, -0.05) is 234 Å². The zero-order chi connectivity index (χ0) is 51.9. The van der Waals surface area contributed by atoms with Crippen LogP contribution in [-0.2, 0) is 27.9 Å². The number of likely N-dealkylation sites (N-methyl/N-ethyl adjacent to an activating group) is 1. The van der Waals surface area contributed by atoms with Crippen LogP contribution >= 0.6 is 7.82 Å². The van der Waals surface area contributed by atoms with E-state index in [9.17, 15) is 14.3 Å². The van der Waals surface area contributed by atoms with Crippen LogP contribution in [0.5, 0.6) is 0 Å². The summed E-state index contributed by atoms with van der Waals surface area (Å²) in [5.74, 6) is -0.319. The first-order valence-electron chi connectivity index (χ1n) is 29.3. The molecular formula is C62H113NO7P+.